The average molecular weight is 224 g/mol. The summed E-state index contributed by atoms with van der Waals surface area (Å²) in [5.41, 5.74) is 2.53. The molecule has 0 radical (unpaired) electrons. The van der Waals surface area contributed by atoms with Crippen LogP contribution in [-0.2, 0) is 15.6 Å². The molecule has 0 unspecified atom stereocenters. The molecule has 0 aliphatic heterocycles. The van der Waals surface area contributed by atoms with Crippen molar-refractivity contribution >= 4 is 20.8 Å². The lowest BCUT2D eigenvalue weighted by Gasteiger charge is -1.96. The molecule has 4 heteroatoms. The molecule has 3 nitrogen and oxygen atoms in total. The highest BCUT2D eigenvalue weighted by atomic mass is 32.2. The van der Waals surface area contributed by atoms with Gasteiger partial charge in [-0.15, -0.1) is 0 Å². The molecule has 0 aliphatic rings. The minimum absolute atomic E-state index is 0.0312. The molecule has 15 heavy (non-hydrogen) atoms. The molecule has 1 aromatic carbocycles. The normalized spacial score (nSPS) is 12.1. The predicted octanol–water partition coefficient (Wildman–Crippen LogP) is 2.29. The summed E-state index contributed by atoms with van der Waals surface area (Å²) < 4.78 is 27.7. The number of aryl methyl sites for hydroxylation is 1. The monoisotopic (exact) mass is 224 g/mol. The minimum atomic E-state index is -3.01. The van der Waals surface area contributed by atoms with Crippen molar-refractivity contribution in [1.82, 2.24) is 0 Å². The van der Waals surface area contributed by atoms with E-state index in [9.17, 15) is 8.42 Å². The summed E-state index contributed by atoms with van der Waals surface area (Å²) in [6.07, 6.45) is 2.75. The second kappa shape index (κ2) is 3.38. The zero-order valence-corrected chi connectivity index (χ0v) is 9.47. The first-order valence-corrected chi connectivity index (χ1v) is 6.67. The van der Waals surface area contributed by atoms with Crippen molar-refractivity contribution < 1.29 is 12.8 Å². The Hall–Kier alpha value is -1.29. The number of hydrogen-bond acceptors (Lipinski definition) is 3. The summed E-state index contributed by atoms with van der Waals surface area (Å²) in [6.45, 7) is 1.94. The van der Waals surface area contributed by atoms with E-state index in [2.05, 4.69) is 0 Å². The molecule has 0 saturated heterocycles. The second-order valence-electron chi connectivity index (χ2n) is 3.78. The zero-order chi connectivity index (χ0) is 11.1. The Morgan fingerprint density at radius 3 is 2.73 bits per heavy atom. The van der Waals surface area contributed by atoms with Crippen LogP contribution in [0.4, 0.5) is 0 Å². The first-order valence-electron chi connectivity index (χ1n) is 4.61. The van der Waals surface area contributed by atoms with Crippen LogP contribution in [0.25, 0.3) is 11.0 Å². The van der Waals surface area contributed by atoms with Gasteiger partial charge in [0.2, 0.25) is 0 Å². The number of para-hydroxylation sites is 1. The topological polar surface area (TPSA) is 47.3 Å². The molecule has 0 aliphatic carbocycles. The summed E-state index contributed by atoms with van der Waals surface area (Å²) in [7, 11) is -3.01. The van der Waals surface area contributed by atoms with Gasteiger partial charge in [-0.05, 0) is 12.5 Å². The molecule has 1 heterocycles. The minimum Gasteiger partial charge on any atom is -0.464 e. The molecule has 0 spiro atoms. The summed E-state index contributed by atoms with van der Waals surface area (Å²) in [4.78, 5) is 0. The summed E-state index contributed by atoms with van der Waals surface area (Å²) in [5.74, 6) is 0.0312. The van der Waals surface area contributed by atoms with Crippen molar-refractivity contribution in [3.8, 4) is 0 Å². The molecule has 0 atom stereocenters. The summed E-state index contributed by atoms with van der Waals surface area (Å²) in [6, 6.07) is 5.72. The van der Waals surface area contributed by atoms with Gasteiger partial charge in [-0.2, -0.15) is 0 Å². The van der Waals surface area contributed by atoms with Gasteiger partial charge in [0, 0.05) is 17.2 Å². The van der Waals surface area contributed by atoms with Gasteiger partial charge in [0.05, 0.1) is 12.0 Å². The van der Waals surface area contributed by atoms with Gasteiger partial charge in [-0.25, -0.2) is 8.42 Å². The maximum Gasteiger partial charge on any atom is 0.151 e. The van der Waals surface area contributed by atoms with E-state index in [0.29, 0.717) is 0 Å². The fraction of sp³-hybridized carbons (Fsp3) is 0.273. The largest absolute Gasteiger partial charge is 0.464 e. The molecule has 1 aromatic heterocycles. The van der Waals surface area contributed by atoms with Crippen LogP contribution < -0.4 is 0 Å². The molecule has 0 fully saturated rings. The molecule has 0 amide bonds. The number of furan rings is 1. The van der Waals surface area contributed by atoms with Crippen LogP contribution in [0.3, 0.4) is 0 Å². The Labute approximate surface area is 88.6 Å². The molecular weight excluding hydrogens is 212 g/mol. The van der Waals surface area contributed by atoms with E-state index >= 15 is 0 Å². The Morgan fingerprint density at radius 1 is 1.33 bits per heavy atom. The first-order chi connectivity index (χ1) is 6.97. The van der Waals surface area contributed by atoms with Crippen molar-refractivity contribution in [2.75, 3.05) is 6.26 Å². The lowest BCUT2D eigenvalue weighted by molar-refractivity contribution is 0.596. The molecule has 2 aromatic rings. The third-order valence-electron chi connectivity index (χ3n) is 2.29. The van der Waals surface area contributed by atoms with Crippen LogP contribution in [0.15, 0.2) is 28.9 Å². The van der Waals surface area contributed by atoms with Crippen molar-refractivity contribution in [2.24, 2.45) is 0 Å². The molecule has 80 valence electrons. The SMILES string of the molecule is Cc1cccc2c(CS(C)(=O)=O)coc12. The van der Waals surface area contributed by atoms with Crippen LogP contribution in [0, 0.1) is 6.92 Å². The van der Waals surface area contributed by atoms with Gasteiger partial charge >= 0.3 is 0 Å². The van der Waals surface area contributed by atoms with Crippen molar-refractivity contribution in [3.63, 3.8) is 0 Å². The summed E-state index contributed by atoms with van der Waals surface area (Å²) in [5, 5.41) is 0.889. The van der Waals surface area contributed by atoms with Crippen LogP contribution in [0.5, 0.6) is 0 Å². The maximum absolute atomic E-state index is 11.2. The molecular formula is C11H12O3S. The highest BCUT2D eigenvalue weighted by Crippen LogP contribution is 2.25. The third-order valence-corrected chi connectivity index (χ3v) is 3.13. The highest BCUT2D eigenvalue weighted by molar-refractivity contribution is 7.89. The second-order valence-corrected chi connectivity index (χ2v) is 5.92. The fourth-order valence-electron chi connectivity index (χ4n) is 1.65. The van der Waals surface area contributed by atoms with Gasteiger partial charge in [0.1, 0.15) is 5.58 Å². The van der Waals surface area contributed by atoms with Gasteiger partial charge in [-0.3, -0.25) is 0 Å². The number of benzene rings is 1. The van der Waals surface area contributed by atoms with Gasteiger partial charge in [0.25, 0.3) is 0 Å². The number of rotatable bonds is 2. The van der Waals surface area contributed by atoms with Crippen LogP contribution in [-0.4, -0.2) is 14.7 Å². The molecule has 0 N–H and O–H groups in total. The number of sulfone groups is 1. The van der Waals surface area contributed by atoms with Crippen LogP contribution >= 0.6 is 0 Å². The molecule has 0 saturated carbocycles. The van der Waals surface area contributed by atoms with Crippen LogP contribution in [0.1, 0.15) is 11.1 Å². The number of fused-ring (bicyclic) bond motifs is 1. The van der Waals surface area contributed by atoms with Gasteiger partial charge in [-0.1, -0.05) is 18.2 Å². The predicted molar refractivity (Wildman–Crippen MR) is 59.5 cm³/mol. The van der Waals surface area contributed by atoms with Crippen molar-refractivity contribution in [3.05, 3.63) is 35.6 Å². The Kier molecular flexibility index (Phi) is 2.31. The molecule has 2 rings (SSSR count). The van der Waals surface area contributed by atoms with E-state index in [1.807, 2.05) is 25.1 Å². The molecule has 0 bridgehead atoms. The Morgan fingerprint density at radius 2 is 2.07 bits per heavy atom. The van der Waals surface area contributed by atoms with E-state index in [-0.39, 0.29) is 5.75 Å². The first kappa shape index (κ1) is 10.2. The Balaban J connectivity index is 2.60. The van der Waals surface area contributed by atoms with Crippen molar-refractivity contribution in [2.45, 2.75) is 12.7 Å². The smallest absolute Gasteiger partial charge is 0.151 e. The van der Waals surface area contributed by atoms with E-state index in [4.69, 9.17) is 4.42 Å². The van der Waals surface area contributed by atoms with Crippen LogP contribution in [0.2, 0.25) is 0 Å². The average Bonchev–Trinajstić information content (AvgIpc) is 2.48. The third kappa shape index (κ3) is 2.04. The number of hydrogen-bond donors (Lipinski definition) is 0. The zero-order valence-electron chi connectivity index (χ0n) is 8.65. The maximum atomic E-state index is 11.2. The van der Waals surface area contributed by atoms with E-state index in [1.54, 1.807) is 0 Å². The summed E-state index contributed by atoms with van der Waals surface area (Å²) >= 11 is 0. The lowest BCUT2D eigenvalue weighted by atomic mass is 10.1. The standard InChI is InChI=1S/C11H12O3S/c1-8-4-3-5-10-9(6-14-11(8)10)7-15(2,12)13/h3-6H,7H2,1-2H3. The Bertz CT molecular complexity index is 593. The van der Waals surface area contributed by atoms with Gasteiger partial charge in [0.15, 0.2) is 9.84 Å². The van der Waals surface area contributed by atoms with Crippen molar-refractivity contribution in [1.29, 1.82) is 0 Å². The quantitative estimate of drug-likeness (QED) is 0.786. The van der Waals surface area contributed by atoms with E-state index in [0.717, 1.165) is 22.1 Å². The fourth-order valence-corrected chi connectivity index (χ4v) is 2.44. The van der Waals surface area contributed by atoms with Gasteiger partial charge < -0.3 is 4.42 Å². The van der Waals surface area contributed by atoms with E-state index < -0.39 is 9.84 Å². The lowest BCUT2D eigenvalue weighted by Crippen LogP contribution is -1.99. The van der Waals surface area contributed by atoms with E-state index in [1.165, 1.54) is 12.5 Å². The highest BCUT2D eigenvalue weighted by Gasteiger charge is 2.12.